The average molecular weight is 379 g/mol. The summed E-state index contributed by atoms with van der Waals surface area (Å²) in [5.74, 6) is -0.663. The number of aliphatic hydroxyl groups excluding tert-OH is 1. The van der Waals surface area contributed by atoms with E-state index in [1.807, 2.05) is 38.1 Å². The molecule has 2 aromatic rings. The number of carbonyl (C=O) groups is 2. The van der Waals surface area contributed by atoms with Crippen molar-refractivity contribution in [2.75, 3.05) is 13.7 Å². The van der Waals surface area contributed by atoms with Crippen LogP contribution in [0.15, 0.2) is 54.1 Å². The van der Waals surface area contributed by atoms with Gasteiger partial charge in [0.05, 0.1) is 18.7 Å². The number of hydrogen-bond donors (Lipinski definition) is 1. The Balaban J connectivity index is 2.13. The molecule has 0 bridgehead atoms. The standard InChI is InChI=1S/C23H25NO4/c1-4-5-14-24-20(16-10-12-18(28-3)13-11-16)19(22(26)23(24)27)21(25)17-8-6-15(2)7-9-17/h6-13,20,25H,4-5,14H2,1-3H3/b21-19+/t20-/m1/s1. The number of ether oxygens (including phenoxy) is 1. The van der Waals surface area contributed by atoms with Crippen molar-refractivity contribution in [2.45, 2.75) is 32.7 Å². The fourth-order valence-corrected chi connectivity index (χ4v) is 3.44. The summed E-state index contributed by atoms with van der Waals surface area (Å²) in [7, 11) is 1.58. The normalized spacial score (nSPS) is 18.5. The van der Waals surface area contributed by atoms with Crippen molar-refractivity contribution in [1.29, 1.82) is 0 Å². The van der Waals surface area contributed by atoms with E-state index >= 15 is 0 Å². The predicted octanol–water partition coefficient (Wildman–Crippen LogP) is 4.23. The van der Waals surface area contributed by atoms with Gasteiger partial charge < -0.3 is 14.7 Å². The van der Waals surface area contributed by atoms with E-state index in [0.29, 0.717) is 17.9 Å². The predicted molar refractivity (Wildman–Crippen MR) is 108 cm³/mol. The van der Waals surface area contributed by atoms with E-state index in [2.05, 4.69) is 0 Å². The van der Waals surface area contributed by atoms with Crippen LogP contribution in [0.3, 0.4) is 0 Å². The number of carbonyl (C=O) groups excluding carboxylic acids is 2. The molecule has 5 heteroatoms. The zero-order chi connectivity index (χ0) is 20.3. The van der Waals surface area contributed by atoms with Gasteiger partial charge in [0.25, 0.3) is 11.7 Å². The van der Waals surface area contributed by atoms with E-state index in [4.69, 9.17) is 4.74 Å². The van der Waals surface area contributed by atoms with E-state index in [9.17, 15) is 14.7 Å². The number of likely N-dealkylation sites (tertiary alicyclic amines) is 1. The van der Waals surface area contributed by atoms with Gasteiger partial charge in [-0.15, -0.1) is 0 Å². The minimum absolute atomic E-state index is 0.134. The van der Waals surface area contributed by atoms with Crippen LogP contribution in [0.2, 0.25) is 0 Å². The maximum absolute atomic E-state index is 12.8. The third-order valence-corrected chi connectivity index (χ3v) is 5.05. The topological polar surface area (TPSA) is 66.8 Å². The number of nitrogens with zero attached hydrogens (tertiary/aromatic N) is 1. The van der Waals surface area contributed by atoms with Crippen LogP contribution in [0.5, 0.6) is 5.75 Å². The Morgan fingerprint density at radius 2 is 1.71 bits per heavy atom. The van der Waals surface area contributed by atoms with Crippen LogP contribution >= 0.6 is 0 Å². The molecule has 1 amide bonds. The fraction of sp³-hybridized carbons (Fsp3) is 0.304. The molecule has 0 unspecified atom stereocenters. The summed E-state index contributed by atoms with van der Waals surface area (Å²) in [6.45, 7) is 4.44. The third-order valence-electron chi connectivity index (χ3n) is 5.05. The molecule has 1 fully saturated rings. The molecular weight excluding hydrogens is 354 g/mol. The second kappa shape index (κ2) is 8.30. The minimum atomic E-state index is -0.644. The lowest BCUT2D eigenvalue weighted by molar-refractivity contribution is -0.139. The summed E-state index contributed by atoms with van der Waals surface area (Å²) in [5, 5.41) is 10.9. The number of benzene rings is 2. The maximum atomic E-state index is 12.8. The van der Waals surface area contributed by atoms with Crippen LogP contribution in [0.1, 0.15) is 42.5 Å². The Morgan fingerprint density at radius 1 is 1.07 bits per heavy atom. The smallest absolute Gasteiger partial charge is 0.295 e. The lowest BCUT2D eigenvalue weighted by Gasteiger charge is -2.25. The summed E-state index contributed by atoms with van der Waals surface area (Å²) in [6, 6.07) is 13.9. The summed E-state index contributed by atoms with van der Waals surface area (Å²) in [6.07, 6.45) is 1.68. The van der Waals surface area contributed by atoms with Gasteiger partial charge in [0, 0.05) is 12.1 Å². The quantitative estimate of drug-likeness (QED) is 0.463. The third kappa shape index (κ3) is 3.65. The van der Waals surface area contributed by atoms with Crippen molar-refractivity contribution in [3.63, 3.8) is 0 Å². The SMILES string of the molecule is CCCCN1C(=O)C(=O)/C(=C(/O)c2ccc(C)cc2)[C@H]1c1ccc(OC)cc1. The number of unbranched alkanes of at least 4 members (excludes halogenated alkanes) is 1. The summed E-state index contributed by atoms with van der Waals surface area (Å²) >= 11 is 0. The molecule has 28 heavy (non-hydrogen) atoms. The zero-order valence-corrected chi connectivity index (χ0v) is 16.4. The number of hydrogen-bond acceptors (Lipinski definition) is 4. The number of aliphatic hydroxyl groups is 1. The molecule has 1 atom stereocenters. The minimum Gasteiger partial charge on any atom is -0.507 e. The first-order chi connectivity index (χ1) is 13.5. The van der Waals surface area contributed by atoms with Gasteiger partial charge >= 0.3 is 0 Å². The molecule has 146 valence electrons. The number of Topliss-reactive ketones (excluding diaryl/α,β-unsaturated/α-hetero) is 1. The molecule has 1 saturated heterocycles. The lowest BCUT2D eigenvalue weighted by Crippen LogP contribution is -2.30. The van der Waals surface area contributed by atoms with Crippen LogP contribution in [0.25, 0.3) is 5.76 Å². The van der Waals surface area contributed by atoms with Crippen molar-refractivity contribution in [3.05, 3.63) is 70.8 Å². The molecule has 2 aromatic carbocycles. The van der Waals surface area contributed by atoms with Crippen LogP contribution in [0.4, 0.5) is 0 Å². The van der Waals surface area contributed by atoms with E-state index in [0.717, 1.165) is 24.0 Å². The second-order valence-corrected chi connectivity index (χ2v) is 6.99. The molecule has 5 nitrogen and oxygen atoms in total. The highest BCUT2D eigenvalue weighted by molar-refractivity contribution is 6.46. The Morgan fingerprint density at radius 3 is 2.29 bits per heavy atom. The molecule has 3 rings (SSSR count). The van der Waals surface area contributed by atoms with Crippen molar-refractivity contribution >= 4 is 17.4 Å². The summed E-state index contributed by atoms with van der Waals surface area (Å²) in [4.78, 5) is 27.1. The first-order valence-corrected chi connectivity index (χ1v) is 9.47. The molecule has 1 aliphatic rings. The molecule has 1 N–H and O–H groups in total. The van der Waals surface area contributed by atoms with Gasteiger partial charge in [0.15, 0.2) is 0 Å². The zero-order valence-electron chi connectivity index (χ0n) is 16.4. The lowest BCUT2D eigenvalue weighted by atomic mass is 9.95. The number of amides is 1. The van der Waals surface area contributed by atoms with Gasteiger partial charge in [-0.25, -0.2) is 0 Å². The van der Waals surface area contributed by atoms with Crippen molar-refractivity contribution in [3.8, 4) is 5.75 Å². The van der Waals surface area contributed by atoms with E-state index < -0.39 is 17.7 Å². The molecule has 0 aliphatic carbocycles. The molecule has 0 aromatic heterocycles. The fourth-order valence-electron chi connectivity index (χ4n) is 3.44. The second-order valence-electron chi connectivity index (χ2n) is 6.99. The van der Waals surface area contributed by atoms with Crippen LogP contribution in [-0.4, -0.2) is 35.4 Å². The van der Waals surface area contributed by atoms with E-state index in [-0.39, 0.29) is 11.3 Å². The van der Waals surface area contributed by atoms with Crippen LogP contribution in [-0.2, 0) is 9.59 Å². The summed E-state index contributed by atoms with van der Waals surface area (Å²) in [5.41, 5.74) is 2.48. The van der Waals surface area contributed by atoms with E-state index in [1.54, 1.807) is 36.3 Å². The Kier molecular flexibility index (Phi) is 5.83. The number of methoxy groups -OCH3 is 1. The highest BCUT2D eigenvalue weighted by Crippen LogP contribution is 2.39. The van der Waals surface area contributed by atoms with Gasteiger partial charge in [-0.1, -0.05) is 55.3 Å². The Labute approximate surface area is 165 Å². The molecular formula is C23H25NO4. The molecule has 1 heterocycles. The van der Waals surface area contributed by atoms with Gasteiger partial charge in [-0.05, 0) is 31.0 Å². The largest absolute Gasteiger partial charge is 0.507 e. The van der Waals surface area contributed by atoms with Gasteiger partial charge in [-0.3, -0.25) is 9.59 Å². The molecule has 1 aliphatic heterocycles. The van der Waals surface area contributed by atoms with Crippen molar-refractivity contribution in [1.82, 2.24) is 4.90 Å². The molecule has 0 spiro atoms. The number of aryl methyl sites for hydroxylation is 1. The van der Waals surface area contributed by atoms with Crippen LogP contribution < -0.4 is 4.74 Å². The van der Waals surface area contributed by atoms with Crippen LogP contribution in [0, 0.1) is 6.92 Å². The summed E-state index contributed by atoms with van der Waals surface area (Å²) < 4.78 is 5.21. The monoisotopic (exact) mass is 379 g/mol. The highest BCUT2D eigenvalue weighted by atomic mass is 16.5. The molecule has 0 radical (unpaired) electrons. The highest BCUT2D eigenvalue weighted by Gasteiger charge is 2.45. The van der Waals surface area contributed by atoms with Gasteiger partial charge in [0.1, 0.15) is 11.5 Å². The van der Waals surface area contributed by atoms with Crippen molar-refractivity contribution in [2.24, 2.45) is 0 Å². The van der Waals surface area contributed by atoms with Gasteiger partial charge in [0.2, 0.25) is 0 Å². The Hall–Kier alpha value is -3.08. The first-order valence-electron chi connectivity index (χ1n) is 9.47. The molecule has 0 saturated carbocycles. The number of ketones is 1. The Bertz CT molecular complexity index is 897. The number of rotatable bonds is 6. The maximum Gasteiger partial charge on any atom is 0.295 e. The van der Waals surface area contributed by atoms with E-state index in [1.165, 1.54) is 0 Å². The van der Waals surface area contributed by atoms with Gasteiger partial charge in [-0.2, -0.15) is 0 Å². The van der Waals surface area contributed by atoms with Crippen molar-refractivity contribution < 1.29 is 19.4 Å². The first kappa shape index (κ1) is 19.7. The average Bonchev–Trinajstić information content (AvgIpc) is 2.97.